The quantitative estimate of drug-likeness (QED) is 0.453. The summed E-state index contributed by atoms with van der Waals surface area (Å²) < 4.78 is 30.1. The van der Waals surface area contributed by atoms with E-state index in [1.807, 2.05) is 0 Å². The van der Waals surface area contributed by atoms with Crippen molar-refractivity contribution in [3.05, 3.63) is 51.7 Å². The smallest absolute Gasteiger partial charge is 0.345 e. The number of benzene rings is 1. The molecular formula is C18H24F2N6O. The predicted octanol–water partition coefficient (Wildman–Crippen LogP) is 1.41. The lowest BCUT2D eigenvalue weighted by atomic mass is 10.2. The number of halogens is 2. The molecule has 1 aromatic heterocycles. The van der Waals surface area contributed by atoms with Crippen LogP contribution in [0.2, 0.25) is 0 Å². The number of guanidine groups is 1. The molecule has 2 N–H and O–H groups in total. The van der Waals surface area contributed by atoms with Crippen LogP contribution in [0, 0.1) is 11.6 Å². The number of nitrogens with one attached hydrogen (secondary N) is 2. The second kappa shape index (κ2) is 8.79. The van der Waals surface area contributed by atoms with Crippen LogP contribution in [-0.2, 0) is 26.1 Å². The maximum absolute atomic E-state index is 13.6. The van der Waals surface area contributed by atoms with Crippen molar-refractivity contribution in [3.8, 4) is 0 Å². The third-order valence-corrected chi connectivity index (χ3v) is 4.55. The largest absolute Gasteiger partial charge is 0.356 e. The minimum atomic E-state index is -0.482. The van der Waals surface area contributed by atoms with Crippen molar-refractivity contribution in [1.82, 2.24) is 25.0 Å². The number of nitrogens with zero attached hydrogens (tertiary/aromatic N) is 4. The van der Waals surface area contributed by atoms with Crippen LogP contribution >= 0.6 is 0 Å². The minimum Gasteiger partial charge on any atom is -0.356 e. The fourth-order valence-electron chi connectivity index (χ4n) is 3.11. The second-order valence-corrected chi connectivity index (χ2v) is 6.47. The van der Waals surface area contributed by atoms with Gasteiger partial charge in [-0.3, -0.25) is 9.56 Å². The summed E-state index contributed by atoms with van der Waals surface area (Å²) in [6.45, 7) is 1.96. The standard InChI is InChI=1S/C18H24F2N6O/c1-21-17(23-12-13-11-14(19)6-7-15(13)20)22-8-4-10-26-18(27)25-9-3-2-5-16(25)24-26/h6-7,11H,2-5,8-10,12H2,1H3,(H2,21,22,23). The van der Waals surface area contributed by atoms with E-state index in [1.165, 1.54) is 4.68 Å². The lowest BCUT2D eigenvalue weighted by Gasteiger charge is -2.12. The Hall–Kier alpha value is -2.71. The Morgan fingerprint density at radius 1 is 1.30 bits per heavy atom. The van der Waals surface area contributed by atoms with Gasteiger partial charge in [0.15, 0.2) is 5.96 Å². The molecule has 0 unspecified atom stereocenters. The summed E-state index contributed by atoms with van der Waals surface area (Å²) >= 11 is 0. The number of aromatic nitrogens is 3. The molecule has 0 aliphatic carbocycles. The van der Waals surface area contributed by atoms with E-state index >= 15 is 0 Å². The highest BCUT2D eigenvalue weighted by Gasteiger charge is 2.16. The molecule has 2 heterocycles. The van der Waals surface area contributed by atoms with E-state index in [9.17, 15) is 13.6 Å². The third kappa shape index (κ3) is 4.72. The normalized spacial score (nSPS) is 14.1. The fourth-order valence-corrected chi connectivity index (χ4v) is 3.11. The van der Waals surface area contributed by atoms with Gasteiger partial charge in [-0.15, -0.1) is 0 Å². The topological polar surface area (TPSA) is 76.2 Å². The van der Waals surface area contributed by atoms with Crippen molar-refractivity contribution in [1.29, 1.82) is 0 Å². The lowest BCUT2D eigenvalue weighted by molar-refractivity contribution is 0.509. The maximum Gasteiger partial charge on any atom is 0.345 e. The third-order valence-electron chi connectivity index (χ3n) is 4.55. The van der Waals surface area contributed by atoms with Gasteiger partial charge in [-0.2, -0.15) is 5.10 Å². The van der Waals surface area contributed by atoms with Crippen LogP contribution in [0.25, 0.3) is 0 Å². The summed E-state index contributed by atoms with van der Waals surface area (Å²) in [5.74, 6) is 0.399. The Bertz CT molecular complexity index is 873. The van der Waals surface area contributed by atoms with Crippen LogP contribution in [0.1, 0.15) is 30.7 Å². The number of aliphatic imine (C=N–C) groups is 1. The lowest BCUT2D eigenvalue weighted by Crippen LogP contribution is -2.38. The summed E-state index contributed by atoms with van der Waals surface area (Å²) in [4.78, 5) is 16.3. The van der Waals surface area contributed by atoms with E-state index in [-0.39, 0.29) is 17.8 Å². The van der Waals surface area contributed by atoms with Gasteiger partial charge in [0.1, 0.15) is 17.5 Å². The molecule has 1 aromatic carbocycles. The molecule has 7 nitrogen and oxygen atoms in total. The molecule has 1 aliphatic rings. The van der Waals surface area contributed by atoms with Crippen molar-refractivity contribution in [3.63, 3.8) is 0 Å². The highest BCUT2D eigenvalue weighted by molar-refractivity contribution is 5.79. The molecule has 0 spiro atoms. The zero-order chi connectivity index (χ0) is 19.2. The first-order chi connectivity index (χ1) is 13.1. The fraction of sp³-hybridized carbons (Fsp3) is 0.500. The van der Waals surface area contributed by atoms with E-state index in [0.717, 1.165) is 49.8 Å². The van der Waals surface area contributed by atoms with Crippen molar-refractivity contribution in [2.24, 2.45) is 4.99 Å². The predicted molar refractivity (Wildman–Crippen MR) is 98.6 cm³/mol. The Labute approximate surface area is 156 Å². The Morgan fingerprint density at radius 2 is 2.15 bits per heavy atom. The van der Waals surface area contributed by atoms with Crippen molar-refractivity contribution < 1.29 is 8.78 Å². The summed E-state index contributed by atoms with van der Waals surface area (Å²) in [6.07, 6.45) is 3.64. The van der Waals surface area contributed by atoms with E-state index in [0.29, 0.717) is 25.5 Å². The molecule has 146 valence electrons. The van der Waals surface area contributed by atoms with Crippen LogP contribution < -0.4 is 16.3 Å². The molecule has 9 heteroatoms. The van der Waals surface area contributed by atoms with Crippen molar-refractivity contribution >= 4 is 5.96 Å². The van der Waals surface area contributed by atoms with E-state index in [1.54, 1.807) is 11.6 Å². The molecule has 2 aromatic rings. The van der Waals surface area contributed by atoms with Crippen molar-refractivity contribution in [2.75, 3.05) is 13.6 Å². The molecule has 0 radical (unpaired) electrons. The van der Waals surface area contributed by atoms with E-state index in [2.05, 4.69) is 20.7 Å². The minimum absolute atomic E-state index is 0.0474. The average Bonchev–Trinajstić information content (AvgIpc) is 3.00. The Morgan fingerprint density at radius 3 is 2.93 bits per heavy atom. The second-order valence-electron chi connectivity index (χ2n) is 6.47. The van der Waals surface area contributed by atoms with Gasteiger partial charge in [-0.1, -0.05) is 0 Å². The van der Waals surface area contributed by atoms with Gasteiger partial charge in [-0.05, 0) is 37.5 Å². The van der Waals surface area contributed by atoms with E-state index < -0.39 is 11.6 Å². The molecule has 1 aliphatic heterocycles. The van der Waals surface area contributed by atoms with Crippen LogP contribution in [0.15, 0.2) is 28.0 Å². The molecule has 0 atom stereocenters. The number of hydrogen-bond acceptors (Lipinski definition) is 3. The Kier molecular flexibility index (Phi) is 6.20. The highest BCUT2D eigenvalue weighted by Crippen LogP contribution is 2.10. The SMILES string of the molecule is CN=C(NCCCn1nc2n(c1=O)CCCC2)NCc1cc(F)ccc1F. The van der Waals surface area contributed by atoms with Gasteiger partial charge in [0.25, 0.3) is 0 Å². The van der Waals surface area contributed by atoms with Gasteiger partial charge in [-0.25, -0.2) is 18.3 Å². The molecule has 3 rings (SSSR count). The number of rotatable bonds is 6. The monoisotopic (exact) mass is 378 g/mol. The van der Waals surface area contributed by atoms with Crippen LogP contribution in [0.4, 0.5) is 8.78 Å². The summed E-state index contributed by atoms with van der Waals surface area (Å²) in [5.41, 5.74) is 0.182. The number of hydrogen-bond donors (Lipinski definition) is 2. The first-order valence-electron chi connectivity index (χ1n) is 9.13. The van der Waals surface area contributed by atoms with Gasteiger partial charge >= 0.3 is 5.69 Å². The van der Waals surface area contributed by atoms with Crippen LogP contribution in [0.5, 0.6) is 0 Å². The molecular weight excluding hydrogens is 354 g/mol. The molecule has 27 heavy (non-hydrogen) atoms. The maximum atomic E-state index is 13.6. The van der Waals surface area contributed by atoms with E-state index in [4.69, 9.17) is 0 Å². The Balaban J connectivity index is 1.46. The molecule has 0 fully saturated rings. The summed E-state index contributed by atoms with van der Waals surface area (Å²) in [7, 11) is 1.60. The van der Waals surface area contributed by atoms with Crippen molar-refractivity contribution in [2.45, 2.75) is 45.3 Å². The van der Waals surface area contributed by atoms with Gasteiger partial charge in [0.2, 0.25) is 0 Å². The first-order valence-corrected chi connectivity index (χ1v) is 9.13. The van der Waals surface area contributed by atoms with Gasteiger partial charge in [0.05, 0.1) is 0 Å². The van der Waals surface area contributed by atoms with Gasteiger partial charge < -0.3 is 10.6 Å². The molecule has 0 saturated heterocycles. The summed E-state index contributed by atoms with van der Waals surface area (Å²) in [5, 5.41) is 10.4. The molecule has 0 bridgehead atoms. The average molecular weight is 378 g/mol. The summed E-state index contributed by atoms with van der Waals surface area (Å²) in [6, 6.07) is 3.34. The zero-order valence-electron chi connectivity index (χ0n) is 15.3. The highest BCUT2D eigenvalue weighted by atomic mass is 19.1. The molecule has 0 amide bonds. The number of fused-ring (bicyclic) bond motifs is 1. The first kappa shape index (κ1) is 19.1. The van der Waals surface area contributed by atoms with Gasteiger partial charge in [0, 0.05) is 45.2 Å². The molecule has 0 saturated carbocycles. The number of aryl methyl sites for hydroxylation is 2. The zero-order valence-corrected chi connectivity index (χ0v) is 15.3. The van der Waals surface area contributed by atoms with Crippen LogP contribution in [-0.4, -0.2) is 33.9 Å². The van der Waals surface area contributed by atoms with Crippen LogP contribution in [0.3, 0.4) is 0 Å².